The average Bonchev–Trinajstić information content (AvgIpc) is 2.04. The van der Waals surface area contributed by atoms with Crippen molar-refractivity contribution in [1.82, 2.24) is 0 Å². The van der Waals surface area contributed by atoms with Crippen LogP contribution in [0.2, 0.25) is 10.0 Å². The Balaban J connectivity index is 2.90. The Labute approximate surface area is 81.7 Å². The average molecular weight is 200 g/mol. The number of nitrogens with one attached hydrogen (secondary N) is 1. The monoisotopic (exact) mass is 199 g/mol. The summed E-state index contributed by atoms with van der Waals surface area (Å²) in [7, 11) is 0. The predicted molar refractivity (Wildman–Crippen MR) is 53.8 cm³/mol. The zero-order chi connectivity index (χ0) is 8.97. The fraction of sp³-hybridized carbons (Fsp3) is 0.111. The molecule has 0 saturated heterocycles. The Morgan fingerprint density at radius 2 is 1.92 bits per heavy atom. The highest BCUT2D eigenvalue weighted by Crippen LogP contribution is 2.29. The quantitative estimate of drug-likeness (QED) is 0.723. The van der Waals surface area contributed by atoms with Gasteiger partial charge in [0.2, 0.25) is 0 Å². The number of terminal acetylenes is 1. The third-order valence-electron chi connectivity index (χ3n) is 1.33. The summed E-state index contributed by atoms with van der Waals surface area (Å²) in [5.74, 6) is 2.44. The molecule has 0 bridgehead atoms. The predicted octanol–water partition coefficient (Wildman–Crippen LogP) is 3.04. The lowest BCUT2D eigenvalue weighted by Crippen LogP contribution is -1.99. The molecule has 0 aliphatic carbocycles. The first-order valence-corrected chi connectivity index (χ1v) is 4.12. The van der Waals surface area contributed by atoms with Crippen molar-refractivity contribution in [2.75, 3.05) is 11.9 Å². The Hall–Kier alpha value is -0.840. The van der Waals surface area contributed by atoms with E-state index in [4.69, 9.17) is 29.6 Å². The van der Waals surface area contributed by atoms with E-state index in [1.165, 1.54) is 0 Å². The van der Waals surface area contributed by atoms with Crippen LogP contribution < -0.4 is 5.32 Å². The van der Waals surface area contributed by atoms with Crippen molar-refractivity contribution in [2.24, 2.45) is 0 Å². The van der Waals surface area contributed by atoms with Gasteiger partial charge in [-0.25, -0.2) is 0 Å². The summed E-state index contributed by atoms with van der Waals surface area (Å²) in [5.41, 5.74) is 0.693. The maximum absolute atomic E-state index is 5.85. The zero-order valence-corrected chi connectivity index (χ0v) is 7.78. The topological polar surface area (TPSA) is 12.0 Å². The fourth-order valence-electron chi connectivity index (χ4n) is 0.806. The molecular weight excluding hydrogens is 193 g/mol. The minimum Gasteiger partial charge on any atom is -0.372 e. The molecule has 0 heterocycles. The summed E-state index contributed by atoms with van der Waals surface area (Å²) in [6.45, 7) is 0.420. The van der Waals surface area contributed by atoms with E-state index < -0.39 is 0 Å². The fourth-order valence-corrected chi connectivity index (χ4v) is 1.34. The van der Waals surface area contributed by atoms with Crippen LogP contribution in [0.3, 0.4) is 0 Å². The third-order valence-corrected chi connectivity index (χ3v) is 1.96. The van der Waals surface area contributed by atoms with Gasteiger partial charge in [-0.1, -0.05) is 35.2 Å². The standard InChI is InChI=1S/C9H7Cl2N/c1-2-6-12-9-7(10)4-3-5-8(9)11/h1,3-5,12H,6H2. The Morgan fingerprint density at radius 1 is 1.33 bits per heavy atom. The van der Waals surface area contributed by atoms with E-state index in [-0.39, 0.29) is 0 Å². The van der Waals surface area contributed by atoms with E-state index in [1.54, 1.807) is 18.2 Å². The Morgan fingerprint density at radius 3 is 2.42 bits per heavy atom. The van der Waals surface area contributed by atoms with E-state index in [9.17, 15) is 0 Å². The molecule has 0 aliphatic heterocycles. The van der Waals surface area contributed by atoms with Gasteiger partial charge in [0.05, 0.1) is 22.3 Å². The second kappa shape index (κ2) is 4.25. The maximum Gasteiger partial charge on any atom is 0.0764 e. The van der Waals surface area contributed by atoms with Gasteiger partial charge in [-0.2, -0.15) is 0 Å². The number of hydrogen-bond donors (Lipinski definition) is 1. The second-order valence-corrected chi connectivity index (χ2v) is 2.97. The first-order valence-electron chi connectivity index (χ1n) is 3.37. The molecule has 0 aliphatic rings. The van der Waals surface area contributed by atoms with Crippen LogP contribution in [0.1, 0.15) is 0 Å². The van der Waals surface area contributed by atoms with E-state index in [0.29, 0.717) is 22.3 Å². The lowest BCUT2D eigenvalue weighted by molar-refractivity contribution is 1.38. The molecule has 3 heteroatoms. The first-order chi connectivity index (χ1) is 5.75. The summed E-state index contributed by atoms with van der Waals surface area (Å²) >= 11 is 11.7. The molecule has 62 valence electrons. The van der Waals surface area contributed by atoms with Gasteiger partial charge in [-0.05, 0) is 12.1 Å². The normalized spacial score (nSPS) is 9.08. The minimum absolute atomic E-state index is 0.420. The van der Waals surface area contributed by atoms with E-state index in [1.807, 2.05) is 0 Å². The molecular formula is C9H7Cl2N. The van der Waals surface area contributed by atoms with Gasteiger partial charge in [0, 0.05) is 0 Å². The molecule has 1 N–H and O–H groups in total. The molecule has 0 aromatic heterocycles. The number of halogens is 2. The molecule has 0 spiro atoms. The van der Waals surface area contributed by atoms with E-state index >= 15 is 0 Å². The van der Waals surface area contributed by atoms with Gasteiger partial charge in [-0.15, -0.1) is 6.42 Å². The van der Waals surface area contributed by atoms with Crippen molar-refractivity contribution < 1.29 is 0 Å². The van der Waals surface area contributed by atoms with Gasteiger partial charge >= 0.3 is 0 Å². The van der Waals surface area contributed by atoms with Crippen LogP contribution in [-0.2, 0) is 0 Å². The third kappa shape index (κ3) is 2.07. The lowest BCUT2D eigenvalue weighted by Gasteiger charge is -2.06. The first kappa shape index (κ1) is 9.25. The molecule has 1 rings (SSSR count). The SMILES string of the molecule is C#CCNc1c(Cl)cccc1Cl. The van der Waals surface area contributed by atoms with Crippen LogP contribution in [0.4, 0.5) is 5.69 Å². The summed E-state index contributed by atoms with van der Waals surface area (Å²) < 4.78 is 0. The molecule has 0 unspecified atom stereocenters. The zero-order valence-electron chi connectivity index (χ0n) is 6.27. The van der Waals surface area contributed by atoms with Crippen LogP contribution in [0.15, 0.2) is 18.2 Å². The van der Waals surface area contributed by atoms with E-state index in [0.717, 1.165) is 0 Å². The summed E-state index contributed by atoms with van der Waals surface area (Å²) in [4.78, 5) is 0. The number of hydrogen-bond acceptors (Lipinski definition) is 1. The van der Waals surface area contributed by atoms with Crippen molar-refractivity contribution >= 4 is 28.9 Å². The van der Waals surface area contributed by atoms with Crippen molar-refractivity contribution in [2.45, 2.75) is 0 Å². The van der Waals surface area contributed by atoms with Crippen molar-refractivity contribution in [3.63, 3.8) is 0 Å². The van der Waals surface area contributed by atoms with Gasteiger partial charge in [0.25, 0.3) is 0 Å². The Bertz CT molecular complexity index is 295. The summed E-state index contributed by atoms with van der Waals surface area (Å²) in [6, 6.07) is 5.30. The van der Waals surface area contributed by atoms with Gasteiger partial charge < -0.3 is 5.32 Å². The van der Waals surface area contributed by atoms with Gasteiger partial charge in [-0.3, -0.25) is 0 Å². The van der Waals surface area contributed by atoms with Crippen LogP contribution in [0, 0.1) is 12.3 Å². The molecule has 12 heavy (non-hydrogen) atoms. The number of benzene rings is 1. The second-order valence-electron chi connectivity index (χ2n) is 2.15. The molecule has 0 amide bonds. The summed E-state index contributed by atoms with van der Waals surface area (Å²) in [6.07, 6.45) is 5.08. The molecule has 0 atom stereocenters. The number of rotatable bonds is 2. The summed E-state index contributed by atoms with van der Waals surface area (Å²) in [5, 5.41) is 4.09. The minimum atomic E-state index is 0.420. The van der Waals surface area contributed by atoms with Crippen molar-refractivity contribution in [1.29, 1.82) is 0 Å². The molecule has 1 aromatic rings. The van der Waals surface area contributed by atoms with Gasteiger partial charge in [0.1, 0.15) is 0 Å². The molecule has 1 aromatic carbocycles. The number of anilines is 1. The number of para-hydroxylation sites is 1. The van der Waals surface area contributed by atoms with Crippen molar-refractivity contribution in [3.05, 3.63) is 28.2 Å². The maximum atomic E-state index is 5.85. The van der Waals surface area contributed by atoms with Crippen LogP contribution >= 0.6 is 23.2 Å². The molecule has 0 saturated carbocycles. The van der Waals surface area contributed by atoms with E-state index in [2.05, 4.69) is 11.2 Å². The Kier molecular flexibility index (Phi) is 3.28. The lowest BCUT2D eigenvalue weighted by atomic mass is 10.3. The highest BCUT2D eigenvalue weighted by Gasteiger charge is 2.02. The van der Waals surface area contributed by atoms with Crippen LogP contribution in [0.5, 0.6) is 0 Å². The van der Waals surface area contributed by atoms with Gasteiger partial charge in [0.15, 0.2) is 0 Å². The largest absolute Gasteiger partial charge is 0.372 e. The highest BCUT2D eigenvalue weighted by molar-refractivity contribution is 6.39. The smallest absolute Gasteiger partial charge is 0.0764 e. The highest BCUT2D eigenvalue weighted by atomic mass is 35.5. The molecule has 0 fully saturated rings. The molecule has 0 radical (unpaired) electrons. The molecule has 1 nitrogen and oxygen atoms in total. The van der Waals surface area contributed by atoms with Crippen LogP contribution in [0.25, 0.3) is 0 Å². The van der Waals surface area contributed by atoms with Crippen LogP contribution in [-0.4, -0.2) is 6.54 Å². The van der Waals surface area contributed by atoms with Crippen molar-refractivity contribution in [3.8, 4) is 12.3 Å².